The molecule has 0 amide bonds. The fourth-order valence-electron chi connectivity index (χ4n) is 1.14. The van der Waals surface area contributed by atoms with E-state index in [0.29, 0.717) is 6.42 Å². The Kier molecular flexibility index (Phi) is 2.42. The Balaban J connectivity index is 2.39. The molecular formula is C7H11F3O. The fourth-order valence-corrected chi connectivity index (χ4v) is 1.14. The summed E-state index contributed by atoms with van der Waals surface area (Å²) >= 11 is 0. The third kappa shape index (κ3) is 2.36. The van der Waals surface area contributed by atoms with E-state index in [1.807, 2.05) is 6.92 Å². The molecule has 0 aromatic carbocycles. The van der Waals surface area contributed by atoms with Crippen LogP contribution in [0.1, 0.15) is 19.8 Å². The zero-order valence-electron chi connectivity index (χ0n) is 6.32. The third-order valence-corrected chi connectivity index (χ3v) is 1.87. The molecule has 1 heterocycles. The van der Waals surface area contributed by atoms with E-state index >= 15 is 0 Å². The van der Waals surface area contributed by atoms with E-state index in [4.69, 9.17) is 0 Å². The van der Waals surface area contributed by atoms with Gasteiger partial charge in [0.2, 0.25) is 0 Å². The third-order valence-electron chi connectivity index (χ3n) is 1.87. The summed E-state index contributed by atoms with van der Waals surface area (Å²) in [5, 5.41) is 0. The smallest absolute Gasteiger partial charge is 0.369 e. The molecule has 0 N–H and O–H groups in total. The average molecular weight is 168 g/mol. The highest BCUT2D eigenvalue weighted by Crippen LogP contribution is 2.31. The Labute approximate surface area is 63.5 Å². The molecule has 1 aliphatic rings. The van der Waals surface area contributed by atoms with Crippen LogP contribution in [0.4, 0.5) is 13.2 Å². The van der Waals surface area contributed by atoms with Gasteiger partial charge < -0.3 is 4.74 Å². The minimum absolute atomic E-state index is 0.116. The van der Waals surface area contributed by atoms with Crippen molar-refractivity contribution in [1.82, 2.24) is 0 Å². The van der Waals surface area contributed by atoms with Gasteiger partial charge in [-0.2, -0.15) is 13.2 Å². The molecule has 4 heteroatoms. The second-order valence-electron chi connectivity index (χ2n) is 3.05. The van der Waals surface area contributed by atoms with Crippen molar-refractivity contribution in [2.24, 2.45) is 5.92 Å². The number of ether oxygens (including phenoxy) is 1. The topological polar surface area (TPSA) is 9.23 Å². The first-order valence-corrected chi connectivity index (χ1v) is 3.68. The van der Waals surface area contributed by atoms with Crippen molar-refractivity contribution in [3.63, 3.8) is 0 Å². The summed E-state index contributed by atoms with van der Waals surface area (Å²) in [5.74, 6) is 0.272. The van der Waals surface area contributed by atoms with E-state index < -0.39 is 12.3 Å². The van der Waals surface area contributed by atoms with Crippen LogP contribution in [-0.2, 0) is 4.74 Å². The van der Waals surface area contributed by atoms with E-state index in [0.717, 1.165) is 0 Å². The van der Waals surface area contributed by atoms with E-state index in [2.05, 4.69) is 4.74 Å². The van der Waals surface area contributed by atoms with Gasteiger partial charge >= 0.3 is 6.18 Å². The molecule has 66 valence electrons. The molecule has 1 saturated heterocycles. The van der Waals surface area contributed by atoms with E-state index in [-0.39, 0.29) is 18.9 Å². The first kappa shape index (κ1) is 8.84. The van der Waals surface area contributed by atoms with Gasteiger partial charge in [0.1, 0.15) is 0 Å². The Morgan fingerprint density at radius 3 is 2.27 bits per heavy atom. The molecule has 1 fully saturated rings. The van der Waals surface area contributed by atoms with Gasteiger partial charge in [0.25, 0.3) is 0 Å². The van der Waals surface area contributed by atoms with Crippen LogP contribution in [0.15, 0.2) is 0 Å². The highest BCUT2D eigenvalue weighted by molar-refractivity contribution is 4.73. The molecule has 11 heavy (non-hydrogen) atoms. The van der Waals surface area contributed by atoms with E-state index in [1.54, 1.807) is 0 Å². The van der Waals surface area contributed by atoms with Crippen molar-refractivity contribution in [2.45, 2.75) is 32.0 Å². The lowest BCUT2D eigenvalue weighted by molar-refractivity contribution is -0.234. The maximum absolute atomic E-state index is 11.9. The largest absolute Gasteiger partial charge is 0.414 e. The van der Waals surface area contributed by atoms with Crippen molar-refractivity contribution >= 4 is 0 Å². The van der Waals surface area contributed by atoms with Crippen molar-refractivity contribution < 1.29 is 17.9 Å². The van der Waals surface area contributed by atoms with Crippen LogP contribution in [0, 0.1) is 5.92 Å². The summed E-state index contributed by atoms with van der Waals surface area (Å²) in [4.78, 5) is 0. The van der Waals surface area contributed by atoms with Crippen molar-refractivity contribution in [2.75, 3.05) is 6.61 Å². The zero-order chi connectivity index (χ0) is 8.48. The van der Waals surface area contributed by atoms with Gasteiger partial charge in [-0.25, -0.2) is 0 Å². The van der Waals surface area contributed by atoms with Crippen LogP contribution in [0.5, 0.6) is 0 Å². The SMILES string of the molecule is C[C@H]1CC[C@@H](C(F)(F)F)OC1. The van der Waals surface area contributed by atoms with Crippen molar-refractivity contribution in [1.29, 1.82) is 0 Å². The highest BCUT2D eigenvalue weighted by atomic mass is 19.4. The van der Waals surface area contributed by atoms with Crippen LogP contribution in [0.3, 0.4) is 0 Å². The van der Waals surface area contributed by atoms with Crippen LogP contribution in [-0.4, -0.2) is 18.9 Å². The van der Waals surface area contributed by atoms with Gasteiger partial charge in [-0.05, 0) is 18.8 Å². The molecule has 2 atom stereocenters. The molecule has 0 bridgehead atoms. The van der Waals surface area contributed by atoms with E-state index in [1.165, 1.54) is 0 Å². The Bertz CT molecular complexity index is 124. The van der Waals surface area contributed by atoms with Gasteiger partial charge in [-0.15, -0.1) is 0 Å². The van der Waals surface area contributed by atoms with Gasteiger partial charge in [-0.1, -0.05) is 6.92 Å². The lowest BCUT2D eigenvalue weighted by Gasteiger charge is -2.28. The molecular weight excluding hydrogens is 157 g/mol. The Morgan fingerprint density at radius 1 is 1.27 bits per heavy atom. The summed E-state index contributed by atoms with van der Waals surface area (Å²) < 4.78 is 40.5. The van der Waals surface area contributed by atoms with Crippen LogP contribution >= 0.6 is 0 Å². The Hall–Kier alpha value is -0.250. The maximum atomic E-state index is 11.9. The Morgan fingerprint density at radius 2 is 1.91 bits per heavy atom. The molecule has 1 rings (SSSR count). The van der Waals surface area contributed by atoms with Crippen LogP contribution in [0.2, 0.25) is 0 Å². The lowest BCUT2D eigenvalue weighted by atomic mass is 10.0. The number of alkyl halides is 3. The summed E-state index contributed by atoms with van der Waals surface area (Å²) in [6.45, 7) is 2.14. The molecule has 1 nitrogen and oxygen atoms in total. The molecule has 0 radical (unpaired) electrons. The summed E-state index contributed by atoms with van der Waals surface area (Å²) in [5.41, 5.74) is 0. The predicted octanol–water partition coefficient (Wildman–Crippen LogP) is 2.36. The fraction of sp³-hybridized carbons (Fsp3) is 1.00. The van der Waals surface area contributed by atoms with Gasteiger partial charge in [-0.3, -0.25) is 0 Å². The molecule has 0 aromatic rings. The van der Waals surface area contributed by atoms with Crippen LogP contribution in [0.25, 0.3) is 0 Å². The van der Waals surface area contributed by atoms with Gasteiger partial charge in [0.15, 0.2) is 6.10 Å². The number of halogens is 3. The normalized spacial score (nSPS) is 33.8. The first-order chi connectivity index (χ1) is 5.00. The second-order valence-corrected chi connectivity index (χ2v) is 3.05. The number of rotatable bonds is 0. The molecule has 1 aliphatic heterocycles. The number of hydrogen-bond acceptors (Lipinski definition) is 1. The molecule has 0 saturated carbocycles. The second kappa shape index (κ2) is 3.01. The zero-order valence-corrected chi connectivity index (χ0v) is 6.32. The molecule has 0 aromatic heterocycles. The molecule has 0 unspecified atom stereocenters. The van der Waals surface area contributed by atoms with Crippen LogP contribution < -0.4 is 0 Å². The monoisotopic (exact) mass is 168 g/mol. The van der Waals surface area contributed by atoms with E-state index in [9.17, 15) is 13.2 Å². The average Bonchev–Trinajstić information content (AvgIpc) is 1.86. The van der Waals surface area contributed by atoms with Crippen molar-refractivity contribution in [3.05, 3.63) is 0 Å². The molecule has 0 aliphatic carbocycles. The van der Waals surface area contributed by atoms with Crippen molar-refractivity contribution in [3.8, 4) is 0 Å². The summed E-state index contributed by atoms with van der Waals surface area (Å²) in [6, 6.07) is 0. The maximum Gasteiger partial charge on any atom is 0.414 e. The van der Waals surface area contributed by atoms with Gasteiger partial charge in [0.05, 0.1) is 0 Å². The quantitative estimate of drug-likeness (QED) is 0.539. The number of hydrogen-bond donors (Lipinski definition) is 0. The first-order valence-electron chi connectivity index (χ1n) is 3.68. The summed E-state index contributed by atoms with van der Waals surface area (Å²) in [7, 11) is 0. The minimum atomic E-state index is -4.17. The lowest BCUT2D eigenvalue weighted by Crippen LogP contribution is -2.36. The standard InChI is InChI=1S/C7H11F3O/c1-5-2-3-6(11-4-5)7(8,9)10/h5-6H,2-4H2,1H3/t5-,6-/m0/s1. The summed E-state index contributed by atoms with van der Waals surface area (Å²) in [6.07, 6.45) is -4.95. The van der Waals surface area contributed by atoms with Gasteiger partial charge in [0, 0.05) is 6.61 Å². The predicted molar refractivity (Wildman–Crippen MR) is 34.2 cm³/mol. The minimum Gasteiger partial charge on any atom is -0.369 e. The highest BCUT2D eigenvalue weighted by Gasteiger charge is 2.42. The molecule has 0 spiro atoms.